The summed E-state index contributed by atoms with van der Waals surface area (Å²) < 4.78 is 0. The summed E-state index contributed by atoms with van der Waals surface area (Å²) in [5, 5.41) is 16.0. The summed E-state index contributed by atoms with van der Waals surface area (Å²) in [6.45, 7) is 12.5. The molecule has 0 saturated carbocycles. The monoisotopic (exact) mass is 407 g/mol. The highest BCUT2D eigenvalue weighted by atomic mass is 32.2. The molecule has 0 fully saturated rings. The SMILES string of the molecule is CC(C)(C)c1cc(C=CC(=O)c2ccc3c(c2)NC=CS3)cc(C(C)(C)C)c1O. The first kappa shape index (κ1) is 21.3. The van der Waals surface area contributed by atoms with E-state index in [9.17, 15) is 9.90 Å². The zero-order valence-corrected chi connectivity index (χ0v) is 18.8. The second-order valence-electron chi connectivity index (χ2n) is 9.44. The number of aromatic hydroxyl groups is 1. The lowest BCUT2D eigenvalue weighted by Crippen LogP contribution is -2.17. The average Bonchev–Trinajstić information content (AvgIpc) is 2.64. The normalized spacial score (nSPS) is 14.0. The van der Waals surface area contributed by atoms with Gasteiger partial charge < -0.3 is 10.4 Å². The van der Waals surface area contributed by atoms with E-state index in [0.29, 0.717) is 11.3 Å². The largest absolute Gasteiger partial charge is 0.507 e. The van der Waals surface area contributed by atoms with E-state index < -0.39 is 0 Å². The van der Waals surface area contributed by atoms with Crippen molar-refractivity contribution >= 4 is 29.3 Å². The number of ketones is 1. The molecule has 3 rings (SSSR count). The molecule has 2 aromatic rings. The van der Waals surface area contributed by atoms with Crippen LogP contribution in [0.25, 0.3) is 6.08 Å². The Hall–Kier alpha value is -2.46. The van der Waals surface area contributed by atoms with Crippen LogP contribution in [0, 0.1) is 0 Å². The molecular formula is C25H29NO2S. The number of anilines is 1. The number of allylic oxidation sites excluding steroid dienone is 1. The van der Waals surface area contributed by atoms with Crippen LogP contribution in [-0.2, 0) is 10.8 Å². The fourth-order valence-electron chi connectivity index (χ4n) is 3.29. The van der Waals surface area contributed by atoms with Crippen molar-refractivity contribution in [1.82, 2.24) is 0 Å². The first-order chi connectivity index (χ1) is 13.5. The summed E-state index contributed by atoms with van der Waals surface area (Å²) in [6.07, 6.45) is 5.32. The summed E-state index contributed by atoms with van der Waals surface area (Å²) >= 11 is 1.63. The number of fused-ring (bicyclic) bond motifs is 1. The first-order valence-electron chi connectivity index (χ1n) is 9.79. The molecule has 1 aliphatic rings. The maximum absolute atomic E-state index is 12.7. The molecule has 0 saturated heterocycles. The minimum absolute atomic E-state index is 0.0446. The number of phenols is 1. The standard InChI is InChI=1S/C25H29NO2S/c1-24(2,3)18-13-16(14-19(23(18)28)25(4,5)6)7-9-21(27)17-8-10-22-20(15-17)26-11-12-29-22/h7-15,26,28H,1-6H3. The molecule has 3 nitrogen and oxygen atoms in total. The number of thioether (sulfide) groups is 1. The van der Waals surface area contributed by atoms with Gasteiger partial charge in [0, 0.05) is 27.8 Å². The number of carbonyl (C=O) groups is 1. The van der Waals surface area contributed by atoms with Gasteiger partial charge in [-0.2, -0.15) is 0 Å². The van der Waals surface area contributed by atoms with E-state index in [4.69, 9.17) is 0 Å². The lowest BCUT2D eigenvalue weighted by Gasteiger charge is -2.27. The van der Waals surface area contributed by atoms with Crippen molar-refractivity contribution in [1.29, 1.82) is 0 Å². The molecule has 0 amide bonds. The van der Waals surface area contributed by atoms with Gasteiger partial charge in [-0.25, -0.2) is 0 Å². The van der Waals surface area contributed by atoms with E-state index in [0.717, 1.165) is 27.3 Å². The fourth-order valence-corrected chi connectivity index (χ4v) is 3.97. The molecule has 1 aliphatic heterocycles. The van der Waals surface area contributed by atoms with Crippen molar-refractivity contribution in [3.63, 3.8) is 0 Å². The van der Waals surface area contributed by atoms with Gasteiger partial charge in [-0.15, -0.1) is 0 Å². The molecule has 0 radical (unpaired) electrons. The molecule has 0 atom stereocenters. The number of hydrogen-bond donors (Lipinski definition) is 2. The third kappa shape index (κ3) is 4.76. The van der Waals surface area contributed by atoms with E-state index in [1.54, 1.807) is 17.8 Å². The Morgan fingerprint density at radius 1 is 1.00 bits per heavy atom. The summed E-state index contributed by atoms with van der Waals surface area (Å²) in [7, 11) is 0. The average molecular weight is 408 g/mol. The van der Waals surface area contributed by atoms with Crippen LogP contribution in [0.1, 0.15) is 68.6 Å². The zero-order chi connectivity index (χ0) is 21.4. The number of benzene rings is 2. The quantitative estimate of drug-likeness (QED) is 0.430. The van der Waals surface area contributed by atoms with Crippen LogP contribution in [0.4, 0.5) is 5.69 Å². The topological polar surface area (TPSA) is 49.3 Å². The molecule has 0 bridgehead atoms. The maximum atomic E-state index is 12.7. The third-order valence-corrected chi connectivity index (χ3v) is 5.82. The minimum Gasteiger partial charge on any atom is -0.507 e. The third-order valence-electron chi connectivity index (χ3n) is 4.94. The fraction of sp³-hybridized carbons (Fsp3) is 0.320. The minimum atomic E-state index is -0.201. The molecule has 0 unspecified atom stereocenters. The Morgan fingerprint density at radius 3 is 2.21 bits per heavy atom. The van der Waals surface area contributed by atoms with Gasteiger partial charge in [-0.1, -0.05) is 59.4 Å². The second kappa shape index (κ2) is 7.75. The van der Waals surface area contributed by atoms with Crippen molar-refractivity contribution in [2.75, 3.05) is 5.32 Å². The molecular weight excluding hydrogens is 378 g/mol. The van der Waals surface area contributed by atoms with E-state index in [2.05, 4.69) is 46.9 Å². The van der Waals surface area contributed by atoms with Gasteiger partial charge in [-0.3, -0.25) is 4.79 Å². The molecule has 0 aliphatic carbocycles. The van der Waals surface area contributed by atoms with E-state index >= 15 is 0 Å². The van der Waals surface area contributed by atoms with Gasteiger partial charge in [0.2, 0.25) is 0 Å². The Bertz CT molecular complexity index is 969. The van der Waals surface area contributed by atoms with Crippen LogP contribution in [0.5, 0.6) is 5.75 Å². The van der Waals surface area contributed by atoms with Crippen LogP contribution < -0.4 is 5.32 Å². The number of nitrogens with one attached hydrogen (secondary N) is 1. The number of rotatable bonds is 3. The van der Waals surface area contributed by atoms with Crippen molar-refractivity contribution in [2.24, 2.45) is 0 Å². The molecule has 2 aromatic carbocycles. The number of hydrogen-bond acceptors (Lipinski definition) is 4. The molecule has 0 aromatic heterocycles. The van der Waals surface area contributed by atoms with E-state index in [1.807, 2.05) is 48.0 Å². The Balaban J connectivity index is 1.95. The zero-order valence-electron chi connectivity index (χ0n) is 18.0. The van der Waals surface area contributed by atoms with Gasteiger partial charge >= 0.3 is 0 Å². The van der Waals surface area contributed by atoms with Gasteiger partial charge in [-0.05, 0) is 58.2 Å². The van der Waals surface area contributed by atoms with Gasteiger partial charge in [0.05, 0.1) is 5.69 Å². The molecule has 4 heteroatoms. The highest BCUT2D eigenvalue weighted by molar-refractivity contribution is 8.02. The highest BCUT2D eigenvalue weighted by Crippen LogP contribution is 2.40. The summed E-state index contributed by atoms with van der Waals surface area (Å²) in [5.41, 5.74) is 3.89. The summed E-state index contributed by atoms with van der Waals surface area (Å²) in [4.78, 5) is 13.9. The van der Waals surface area contributed by atoms with Crippen molar-refractivity contribution in [2.45, 2.75) is 57.3 Å². The van der Waals surface area contributed by atoms with Crippen LogP contribution >= 0.6 is 11.8 Å². The first-order valence-corrected chi connectivity index (χ1v) is 10.7. The Kier molecular flexibility index (Phi) is 5.68. The molecule has 152 valence electrons. The molecule has 0 spiro atoms. The van der Waals surface area contributed by atoms with Crippen LogP contribution in [0.3, 0.4) is 0 Å². The van der Waals surface area contributed by atoms with E-state index in [-0.39, 0.29) is 16.6 Å². The Morgan fingerprint density at radius 2 is 1.62 bits per heavy atom. The predicted molar refractivity (Wildman–Crippen MR) is 124 cm³/mol. The predicted octanol–water partition coefficient (Wildman–Crippen LogP) is 6.87. The van der Waals surface area contributed by atoms with Crippen molar-refractivity contribution < 1.29 is 9.90 Å². The van der Waals surface area contributed by atoms with Crippen molar-refractivity contribution in [3.8, 4) is 5.75 Å². The maximum Gasteiger partial charge on any atom is 0.185 e. The van der Waals surface area contributed by atoms with Crippen molar-refractivity contribution in [3.05, 3.63) is 70.3 Å². The van der Waals surface area contributed by atoms with Gasteiger partial charge in [0.25, 0.3) is 0 Å². The van der Waals surface area contributed by atoms with E-state index in [1.165, 1.54) is 0 Å². The highest BCUT2D eigenvalue weighted by Gasteiger charge is 2.26. The smallest absolute Gasteiger partial charge is 0.185 e. The number of phenolic OH excluding ortho intramolecular Hbond substituents is 1. The van der Waals surface area contributed by atoms with Gasteiger partial charge in [0.15, 0.2) is 5.78 Å². The molecule has 29 heavy (non-hydrogen) atoms. The van der Waals surface area contributed by atoms with Gasteiger partial charge in [0.1, 0.15) is 5.75 Å². The molecule has 2 N–H and O–H groups in total. The summed E-state index contributed by atoms with van der Waals surface area (Å²) in [6, 6.07) is 9.66. The summed E-state index contributed by atoms with van der Waals surface area (Å²) in [5.74, 6) is 0.302. The Labute approximate surface area is 177 Å². The van der Waals surface area contributed by atoms with Crippen LogP contribution in [-0.4, -0.2) is 10.9 Å². The van der Waals surface area contributed by atoms with Crippen LogP contribution in [0.15, 0.2) is 52.9 Å². The molecule has 1 heterocycles. The van der Waals surface area contributed by atoms with Crippen LogP contribution in [0.2, 0.25) is 0 Å². The lowest BCUT2D eigenvalue weighted by atomic mass is 9.78. The second-order valence-corrected chi connectivity index (χ2v) is 10.4. The number of carbonyl (C=O) groups excluding carboxylic acids is 1. The lowest BCUT2D eigenvalue weighted by molar-refractivity contribution is 0.104.